The number of rotatable bonds is 4. The first kappa shape index (κ1) is 19.6. The van der Waals surface area contributed by atoms with E-state index < -0.39 is 19.5 Å². The summed E-state index contributed by atoms with van der Waals surface area (Å²) in [6, 6.07) is 6.52. The van der Waals surface area contributed by atoms with Crippen molar-refractivity contribution < 1.29 is 18.1 Å². The number of nitrogens with zero attached hydrogens (tertiary/aromatic N) is 3. The van der Waals surface area contributed by atoms with E-state index in [4.69, 9.17) is 0 Å². The van der Waals surface area contributed by atoms with Gasteiger partial charge in [-0.2, -0.15) is 0 Å². The van der Waals surface area contributed by atoms with Crippen LogP contribution < -0.4 is 10.2 Å². The van der Waals surface area contributed by atoms with Crippen molar-refractivity contribution in [3.05, 3.63) is 34.4 Å². The van der Waals surface area contributed by atoms with Gasteiger partial charge in [-0.15, -0.1) is 0 Å². The molecule has 0 spiro atoms. The van der Waals surface area contributed by atoms with Crippen molar-refractivity contribution >= 4 is 27.1 Å². The second-order valence-electron chi connectivity index (χ2n) is 7.04. The number of piperidine rings is 1. The summed E-state index contributed by atoms with van der Waals surface area (Å²) in [4.78, 5) is 27.4. The van der Waals surface area contributed by atoms with E-state index in [1.54, 1.807) is 23.1 Å². The molecular formula is C17H24N4O5S. The first-order chi connectivity index (χ1) is 12.8. The highest BCUT2D eigenvalue weighted by atomic mass is 32.2. The Balaban J connectivity index is 1.76. The third-order valence-electron chi connectivity index (χ3n) is 5.50. The van der Waals surface area contributed by atoms with Crippen LogP contribution >= 0.6 is 0 Å². The van der Waals surface area contributed by atoms with E-state index in [0.717, 1.165) is 6.26 Å². The van der Waals surface area contributed by atoms with Crippen LogP contribution in [0, 0.1) is 10.1 Å². The van der Waals surface area contributed by atoms with E-state index in [-0.39, 0.29) is 24.4 Å². The largest absolute Gasteiger partial charge is 0.362 e. The molecule has 2 aliphatic heterocycles. The minimum absolute atomic E-state index is 0.0308. The maximum atomic E-state index is 13.1. The van der Waals surface area contributed by atoms with E-state index >= 15 is 0 Å². The summed E-state index contributed by atoms with van der Waals surface area (Å²) in [5, 5.41) is 14.3. The maximum absolute atomic E-state index is 13.1. The molecule has 2 saturated heterocycles. The maximum Gasteiger partial charge on any atom is 0.292 e. The minimum Gasteiger partial charge on any atom is -0.362 e. The molecule has 148 valence electrons. The first-order valence-electron chi connectivity index (χ1n) is 8.94. The minimum atomic E-state index is -3.55. The quantitative estimate of drug-likeness (QED) is 0.579. The predicted octanol–water partition coefficient (Wildman–Crippen LogP) is 0.410. The van der Waals surface area contributed by atoms with Gasteiger partial charge in [0.25, 0.3) is 5.69 Å². The van der Waals surface area contributed by atoms with Gasteiger partial charge in [-0.25, -0.2) is 8.42 Å². The predicted molar refractivity (Wildman–Crippen MR) is 102 cm³/mol. The summed E-state index contributed by atoms with van der Waals surface area (Å²) in [5.74, 6) is -0.339. The molecule has 0 radical (unpaired) electrons. The van der Waals surface area contributed by atoms with Gasteiger partial charge in [0, 0.05) is 38.5 Å². The van der Waals surface area contributed by atoms with Gasteiger partial charge in [0.05, 0.1) is 4.92 Å². The van der Waals surface area contributed by atoms with Crippen LogP contribution in [0.4, 0.5) is 11.4 Å². The Bertz CT molecular complexity index is 827. The van der Waals surface area contributed by atoms with Gasteiger partial charge < -0.3 is 15.1 Å². The molecule has 27 heavy (non-hydrogen) atoms. The van der Waals surface area contributed by atoms with Gasteiger partial charge in [-0.3, -0.25) is 14.9 Å². The lowest BCUT2D eigenvalue weighted by atomic mass is 9.94. The summed E-state index contributed by atoms with van der Waals surface area (Å²) in [7, 11) is -3.55. The van der Waals surface area contributed by atoms with Crippen molar-refractivity contribution in [1.82, 2.24) is 10.2 Å². The number of nitro groups is 1. The van der Waals surface area contributed by atoms with Crippen molar-refractivity contribution in [3.8, 4) is 0 Å². The molecule has 0 unspecified atom stereocenters. The third kappa shape index (κ3) is 3.63. The van der Waals surface area contributed by atoms with Crippen LogP contribution in [0.5, 0.6) is 0 Å². The van der Waals surface area contributed by atoms with Crippen molar-refractivity contribution in [2.45, 2.75) is 17.6 Å². The second-order valence-corrected chi connectivity index (χ2v) is 9.37. The molecule has 9 nitrogen and oxygen atoms in total. The highest BCUT2D eigenvalue weighted by Crippen LogP contribution is 2.32. The summed E-state index contributed by atoms with van der Waals surface area (Å²) in [6.45, 7) is 2.53. The van der Waals surface area contributed by atoms with Crippen LogP contribution in [0.3, 0.4) is 0 Å². The number of carbonyl (C=O) groups is 1. The Kier molecular flexibility index (Phi) is 5.38. The first-order valence-corrected chi connectivity index (χ1v) is 10.8. The lowest BCUT2D eigenvalue weighted by Crippen LogP contribution is -2.61. The Morgan fingerprint density at radius 2 is 1.74 bits per heavy atom. The normalized spacial score (nSPS) is 20.3. The second kappa shape index (κ2) is 7.43. The van der Waals surface area contributed by atoms with Gasteiger partial charge >= 0.3 is 0 Å². The standard InChI is InChI=1S/C17H24N4O5S/c1-27(25,26)17(6-8-18-9-7-17)16(22)20-12-10-19(11-13-20)14-4-2-3-5-15(14)21(23)24/h2-5,18H,6-13H2,1H3. The Labute approximate surface area is 158 Å². The zero-order chi connectivity index (χ0) is 19.7. The third-order valence-corrected chi connectivity index (χ3v) is 7.50. The fourth-order valence-electron chi connectivity index (χ4n) is 3.90. The molecule has 0 aromatic heterocycles. The number of sulfone groups is 1. The SMILES string of the molecule is CS(=O)(=O)C1(C(=O)N2CCN(c3ccccc3[N+](=O)[O-])CC2)CCNCC1. The monoisotopic (exact) mass is 396 g/mol. The number of para-hydroxylation sites is 2. The number of hydrogen-bond donors (Lipinski definition) is 1. The molecule has 0 aliphatic carbocycles. The number of nitro benzene ring substituents is 1. The van der Waals surface area contributed by atoms with Crippen LogP contribution in [0.1, 0.15) is 12.8 Å². The number of benzene rings is 1. The average Bonchev–Trinajstić information content (AvgIpc) is 2.67. The molecule has 2 fully saturated rings. The van der Waals surface area contributed by atoms with E-state index in [1.807, 2.05) is 4.90 Å². The average molecular weight is 396 g/mol. The molecule has 1 aromatic rings. The lowest BCUT2D eigenvalue weighted by Gasteiger charge is -2.42. The fourth-order valence-corrected chi connectivity index (χ4v) is 5.29. The smallest absolute Gasteiger partial charge is 0.292 e. The van der Waals surface area contributed by atoms with Crippen LogP contribution in [0.15, 0.2) is 24.3 Å². The summed E-state index contributed by atoms with van der Waals surface area (Å²) >= 11 is 0. The van der Waals surface area contributed by atoms with Gasteiger partial charge in [-0.05, 0) is 32.0 Å². The molecular weight excluding hydrogens is 372 g/mol. The molecule has 2 heterocycles. The number of anilines is 1. The summed E-state index contributed by atoms with van der Waals surface area (Å²) < 4.78 is 23.5. The van der Waals surface area contributed by atoms with Gasteiger partial charge in [0.2, 0.25) is 5.91 Å². The number of piperazine rings is 1. The van der Waals surface area contributed by atoms with E-state index in [1.165, 1.54) is 6.07 Å². The van der Waals surface area contributed by atoms with Crippen LogP contribution in [-0.2, 0) is 14.6 Å². The lowest BCUT2D eigenvalue weighted by molar-refractivity contribution is -0.384. The fraction of sp³-hybridized carbons (Fsp3) is 0.588. The number of carbonyl (C=O) groups excluding carboxylic acids is 1. The van der Waals surface area contributed by atoms with Crippen molar-refractivity contribution in [1.29, 1.82) is 0 Å². The Hall–Kier alpha value is -2.20. The molecule has 0 saturated carbocycles. The van der Waals surface area contributed by atoms with Crippen molar-refractivity contribution in [3.63, 3.8) is 0 Å². The van der Waals surface area contributed by atoms with Gasteiger partial charge in [0.15, 0.2) is 14.6 Å². The van der Waals surface area contributed by atoms with Crippen molar-refractivity contribution in [2.75, 3.05) is 50.4 Å². The molecule has 1 aromatic carbocycles. The molecule has 1 N–H and O–H groups in total. The van der Waals surface area contributed by atoms with Crippen molar-refractivity contribution in [2.24, 2.45) is 0 Å². The Morgan fingerprint density at radius 1 is 1.15 bits per heavy atom. The van der Waals surface area contributed by atoms with Crippen LogP contribution in [-0.4, -0.2) is 74.4 Å². The molecule has 0 atom stereocenters. The van der Waals surface area contributed by atoms with E-state index in [2.05, 4.69) is 5.32 Å². The summed E-state index contributed by atoms with van der Waals surface area (Å²) in [6.07, 6.45) is 1.68. The van der Waals surface area contributed by atoms with Crippen LogP contribution in [0.2, 0.25) is 0 Å². The Morgan fingerprint density at radius 3 is 2.30 bits per heavy atom. The zero-order valence-corrected chi connectivity index (χ0v) is 16.1. The topological polar surface area (TPSA) is 113 Å². The highest BCUT2D eigenvalue weighted by Gasteiger charge is 2.50. The number of nitrogens with one attached hydrogen (secondary N) is 1. The molecule has 3 rings (SSSR count). The summed E-state index contributed by atoms with van der Waals surface area (Å²) in [5.41, 5.74) is 0.553. The zero-order valence-electron chi connectivity index (χ0n) is 15.3. The highest BCUT2D eigenvalue weighted by molar-refractivity contribution is 7.92. The van der Waals surface area contributed by atoms with Gasteiger partial charge in [0.1, 0.15) is 5.69 Å². The molecule has 10 heteroatoms. The number of hydrogen-bond acceptors (Lipinski definition) is 7. The van der Waals surface area contributed by atoms with Gasteiger partial charge in [-0.1, -0.05) is 12.1 Å². The molecule has 1 amide bonds. The molecule has 0 bridgehead atoms. The molecule has 2 aliphatic rings. The number of amides is 1. The van der Waals surface area contributed by atoms with E-state index in [0.29, 0.717) is 45.0 Å². The van der Waals surface area contributed by atoms with E-state index in [9.17, 15) is 23.3 Å². The van der Waals surface area contributed by atoms with Crippen LogP contribution in [0.25, 0.3) is 0 Å².